The lowest BCUT2D eigenvalue weighted by Crippen LogP contribution is -1.83. The van der Waals surface area contributed by atoms with Gasteiger partial charge in [-0.15, -0.1) is 0 Å². The molecule has 0 spiro atoms. The fraction of sp³-hybridized carbons (Fsp3) is 0.750. The zero-order chi connectivity index (χ0) is 6.95. The molecule has 0 aromatic carbocycles. The van der Waals surface area contributed by atoms with Gasteiger partial charge in [0.15, 0.2) is 0 Å². The van der Waals surface area contributed by atoms with Crippen LogP contribution in [0.15, 0.2) is 12.2 Å². The molecule has 0 heterocycles. The second-order valence-electron chi connectivity index (χ2n) is 2.04. The Labute approximate surface area is 57.7 Å². The number of allylic oxidation sites excluding steroid dienone is 1. The number of unbranched alkanes of at least 4 members (excludes halogenated alkanes) is 1. The predicted molar refractivity (Wildman–Crippen MR) is 40.5 cm³/mol. The maximum Gasteiger partial charge on any atom is 0.0496 e. The van der Waals surface area contributed by atoms with Crippen molar-refractivity contribution in [3.05, 3.63) is 12.2 Å². The van der Waals surface area contributed by atoms with Crippen LogP contribution in [0.4, 0.5) is 0 Å². The first-order valence-electron chi connectivity index (χ1n) is 3.55. The number of methoxy groups -OCH3 is 1. The third-order valence-corrected chi connectivity index (χ3v) is 1.11. The van der Waals surface area contributed by atoms with Gasteiger partial charge < -0.3 is 4.74 Å². The summed E-state index contributed by atoms with van der Waals surface area (Å²) in [6.07, 6.45) is 7.87. The fourth-order valence-electron chi connectivity index (χ4n) is 0.588. The Morgan fingerprint density at radius 1 is 1.22 bits per heavy atom. The molecule has 0 radical (unpaired) electrons. The van der Waals surface area contributed by atoms with E-state index in [9.17, 15) is 0 Å². The molecule has 0 aromatic heterocycles. The molecule has 9 heavy (non-hydrogen) atoms. The first kappa shape index (κ1) is 8.70. The van der Waals surface area contributed by atoms with Crippen molar-refractivity contribution in [2.75, 3.05) is 13.7 Å². The average Bonchev–Trinajstić information content (AvgIpc) is 1.89. The molecule has 0 aliphatic heterocycles. The first-order chi connectivity index (χ1) is 4.41. The first-order valence-corrected chi connectivity index (χ1v) is 3.55. The number of hydrogen-bond acceptors (Lipinski definition) is 1. The minimum absolute atomic E-state index is 0.847. The highest BCUT2D eigenvalue weighted by molar-refractivity contribution is 4.80. The molecule has 0 rings (SSSR count). The zero-order valence-corrected chi connectivity index (χ0v) is 6.39. The average molecular weight is 128 g/mol. The van der Waals surface area contributed by atoms with Crippen molar-refractivity contribution in [1.82, 2.24) is 0 Å². The summed E-state index contributed by atoms with van der Waals surface area (Å²) < 4.78 is 4.87. The summed E-state index contributed by atoms with van der Waals surface area (Å²) in [4.78, 5) is 0. The van der Waals surface area contributed by atoms with Crippen LogP contribution in [0.5, 0.6) is 0 Å². The second kappa shape index (κ2) is 7.70. The molecule has 0 fully saturated rings. The van der Waals surface area contributed by atoms with E-state index >= 15 is 0 Å². The fourth-order valence-corrected chi connectivity index (χ4v) is 0.588. The quantitative estimate of drug-likeness (QED) is 0.408. The topological polar surface area (TPSA) is 9.23 Å². The van der Waals surface area contributed by atoms with Crippen LogP contribution in [0, 0.1) is 0 Å². The van der Waals surface area contributed by atoms with Crippen molar-refractivity contribution in [3.63, 3.8) is 0 Å². The molecule has 54 valence electrons. The normalized spacial score (nSPS) is 10.9. The van der Waals surface area contributed by atoms with Crippen molar-refractivity contribution in [1.29, 1.82) is 0 Å². The molecule has 0 saturated heterocycles. The van der Waals surface area contributed by atoms with E-state index in [1.54, 1.807) is 7.11 Å². The summed E-state index contributed by atoms with van der Waals surface area (Å²) >= 11 is 0. The highest BCUT2D eigenvalue weighted by atomic mass is 16.5. The van der Waals surface area contributed by atoms with Crippen LogP contribution in [0.3, 0.4) is 0 Å². The van der Waals surface area contributed by atoms with Crippen molar-refractivity contribution in [3.8, 4) is 0 Å². The molecule has 0 atom stereocenters. The summed E-state index contributed by atoms with van der Waals surface area (Å²) in [5, 5.41) is 0. The molecule has 0 N–H and O–H groups in total. The Hall–Kier alpha value is -0.300. The maximum atomic E-state index is 4.87. The van der Waals surface area contributed by atoms with Crippen molar-refractivity contribution >= 4 is 0 Å². The van der Waals surface area contributed by atoms with Gasteiger partial charge in [-0.1, -0.05) is 25.5 Å². The smallest absolute Gasteiger partial charge is 0.0496 e. The van der Waals surface area contributed by atoms with Gasteiger partial charge in [0.25, 0.3) is 0 Å². The number of rotatable bonds is 5. The predicted octanol–water partition coefficient (Wildman–Crippen LogP) is 2.38. The molecule has 1 heteroatoms. The van der Waals surface area contributed by atoms with Gasteiger partial charge in [0.05, 0.1) is 0 Å². The van der Waals surface area contributed by atoms with Gasteiger partial charge in [-0.25, -0.2) is 0 Å². The molecule has 0 saturated carbocycles. The van der Waals surface area contributed by atoms with Crippen LogP contribution in [0.25, 0.3) is 0 Å². The zero-order valence-electron chi connectivity index (χ0n) is 6.39. The Bertz CT molecular complexity index is 67.0. The van der Waals surface area contributed by atoms with E-state index in [-0.39, 0.29) is 0 Å². The molecule has 0 amide bonds. The van der Waals surface area contributed by atoms with E-state index in [1.165, 1.54) is 12.8 Å². The van der Waals surface area contributed by atoms with E-state index < -0.39 is 0 Å². The molecule has 0 aliphatic rings. The van der Waals surface area contributed by atoms with E-state index in [0.717, 1.165) is 13.0 Å². The Balaban J connectivity index is 2.86. The Kier molecular flexibility index (Phi) is 7.44. The minimum Gasteiger partial charge on any atom is -0.384 e. The highest BCUT2D eigenvalue weighted by Gasteiger charge is 1.75. The minimum atomic E-state index is 0.847. The lowest BCUT2D eigenvalue weighted by molar-refractivity contribution is 0.204. The third-order valence-electron chi connectivity index (χ3n) is 1.11. The summed E-state index contributed by atoms with van der Waals surface area (Å²) in [6, 6.07) is 0. The molecular formula is C8H16O. The van der Waals surface area contributed by atoms with Crippen LogP contribution in [0.2, 0.25) is 0 Å². The van der Waals surface area contributed by atoms with Crippen molar-refractivity contribution in [2.45, 2.75) is 26.2 Å². The summed E-state index contributed by atoms with van der Waals surface area (Å²) in [6.45, 7) is 3.03. The van der Waals surface area contributed by atoms with Gasteiger partial charge in [0, 0.05) is 13.7 Å². The van der Waals surface area contributed by atoms with Crippen LogP contribution >= 0.6 is 0 Å². The van der Waals surface area contributed by atoms with Gasteiger partial charge in [-0.05, 0) is 12.8 Å². The van der Waals surface area contributed by atoms with Crippen LogP contribution in [0.1, 0.15) is 26.2 Å². The molecule has 0 aliphatic carbocycles. The van der Waals surface area contributed by atoms with Crippen molar-refractivity contribution in [2.24, 2.45) is 0 Å². The van der Waals surface area contributed by atoms with Crippen LogP contribution in [-0.2, 0) is 4.74 Å². The monoisotopic (exact) mass is 128 g/mol. The molecule has 1 nitrogen and oxygen atoms in total. The summed E-state index contributed by atoms with van der Waals surface area (Å²) in [7, 11) is 1.73. The van der Waals surface area contributed by atoms with Gasteiger partial charge in [0.2, 0.25) is 0 Å². The molecule has 0 bridgehead atoms. The largest absolute Gasteiger partial charge is 0.384 e. The van der Waals surface area contributed by atoms with Crippen LogP contribution in [-0.4, -0.2) is 13.7 Å². The SMILES string of the molecule is CCCC=CCCOC. The van der Waals surface area contributed by atoms with E-state index in [1.807, 2.05) is 0 Å². The summed E-state index contributed by atoms with van der Waals surface area (Å²) in [5.74, 6) is 0. The van der Waals surface area contributed by atoms with Gasteiger partial charge in [-0.2, -0.15) is 0 Å². The third kappa shape index (κ3) is 7.70. The van der Waals surface area contributed by atoms with Gasteiger partial charge >= 0.3 is 0 Å². The Morgan fingerprint density at radius 3 is 2.44 bits per heavy atom. The van der Waals surface area contributed by atoms with Gasteiger partial charge in [0.1, 0.15) is 0 Å². The van der Waals surface area contributed by atoms with Gasteiger partial charge in [-0.3, -0.25) is 0 Å². The van der Waals surface area contributed by atoms with E-state index in [0.29, 0.717) is 0 Å². The lowest BCUT2D eigenvalue weighted by atomic mass is 10.3. The lowest BCUT2D eigenvalue weighted by Gasteiger charge is -1.89. The molecule has 0 aromatic rings. The second-order valence-corrected chi connectivity index (χ2v) is 2.04. The number of ether oxygens (including phenoxy) is 1. The molecular weight excluding hydrogens is 112 g/mol. The summed E-state index contributed by atoms with van der Waals surface area (Å²) in [5.41, 5.74) is 0. The van der Waals surface area contributed by atoms with Crippen LogP contribution < -0.4 is 0 Å². The van der Waals surface area contributed by atoms with E-state index in [4.69, 9.17) is 4.74 Å². The van der Waals surface area contributed by atoms with Crippen molar-refractivity contribution < 1.29 is 4.74 Å². The highest BCUT2D eigenvalue weighted by Crippen LogP contribution is 1.90. The molecule has 0 unspecified atom stereocenters. The Morgan fingerprint density at radius 2 is 1.89 bits per heavy atom. The number of hydrogen-bond donors (Lipinski definition) is 0. The van der Waals surface area contributed by atoms with E-state index in [2.05, 4.69) is 19.1 Å². The standard InChI is InChI=1S/C8H16O/c1-3-4-5-6-7-8-9-2/h5-6H,3-4,7-8H2,1-2H3. The maximum absolute atomic E-state index is 4.87.